The van der Waals surface area contributed by atoms with Crippen molar-refractivity contribution >= 4 is 0 Å². The van der Waals surface area contributed by atoms with E-state index in [1.807, 2.05) is 6.08 Å². The van der Waals surface area contributed by atoms with Crippen LogP contribution in [-0.4, -0.2) is 6.61 Å². The highest BCUT2D eigenvalue weighted by Crippen LogP contribution is 2.43. The summed E-state index contributed by atoms with van der Waals surface area (Å²) in [6.45, 7) is 11.0. The fourth-order valence-electron chi connectivity index (χ4n) is 2.44. The predicted octanol–water partition coefficient (Wildman–Crippen LogP) is 4.49. The lowest BCUT2D eigenvalue weighted by atomic mass is 9.97. The molecule has 1 aromatic rings. The van der Waals surface area contributed by atoms with Gasteiger partial charge in [0.05, 0.1) is 12.7 Å². The second kappa shape index (κ2) is 5.57. The summed E-state index contributed by atoms with van der Waals surface area (Å²) >= 11 is 0. The number of hydrogen-bond donors (Lipinski definition) is 0. The van der Waals surface area contributed by atoms with Gasteiger partial charge in [-0.3, -0.25) is 0 Å². The van der Waals surface area contributed by atoms with Crippen molar-refractivity contribution in [2.24, 2.45) is 0 Å². The molecule has 0 saturated heterocycles. The van der Waals surface area contributed by atoms with E-state index in [0.717, 1.165) is 25.2 Å². The standard InChI is InChI=1S/C16H22O2/c1-5-8-17-16-10-13-12(9-11(16)4)14(6-2)18-15(13)7-3/h7,9-10,14-15H,3,5-6,8H2,1-2,4H3. The van der Waals surface area contributed by atoms with E-state index >= 15 is 0 Å². The first-order valence-corrected chi connectivity index (χ1v) is 6.76. The molecule has 0 aromatic heterocycles. The Morgan fingerprint density at radius 2 is 2.11 bits per heavy atom. The minimum absolute atomic E-state index is 0.00882. The highest BCUT2D eigenvalue weighted by molar-refractivity contribution is 5.47. The first-order valence-electron chi connectivity index (χ1n) is 6.76. The van der Waals surface area contributed by atoms with Gasteiger partial charge in [0.15, 0.2) is 0 Å². The molecular formula is C16H22O2. The molecule has 2 nitrogen and oxygen atoms in total. The van der Waals surface area contributed by atoms with Crippen molar-refractivity contribution in [1.29, 1.82) is 0 Å². The van der Waals surface area contributed by atoms with Crippen molar-refractivity contribution in [2.45, 2.75) is 45.8 Å². The molecule has 2 heteroatoms. The number of aryl methyl sites for hydroxylation is 1. The molecule has 98 valence electrons. The van der Waals surface area contributed by atoms with Crippen LogP contribution in [0, 0.1) is 6.92 Å². The van der Waals surface area contributed by atoms with E-state index in [9.17, 15) is 0 Å². The maximum absolute atomic E-state index is 5.97. The Balaban J connectivity index is 2.37. The summed E-state index contributed by atoms with van der Waals surface area (Å²) in [6, 6.07) is 4.33. The quantitative estimate of drug-likeness (QED) is 0.712. The van der Waals surface area contributed by atoms with Gasteiger partial charge in [0.1, 0.15) is 11.9 Å². The number of benzene rings is 1. The van der Waals surface area contributed by atoms with Crippen molar-refractivity contribution in [3.63, 3.8) is 0 Å². The molecule has 0 amide bonds. The Morgan fingerprint density at radius 3 is 2.72 bits per heavy atom. The van der Waals surface area contributed by atoms with Gasteiger partial charge in [-0.2, -0.15) is 0 Å². The molecule has 18 heavy (non-hydrogen) atoms. The van der Waals surface area contributed by atoms with Crippen LogP contribution in [0.15, 0.2) is 24.8 Å². The maximum Gasteiger partial charge on any atom is 0.122 e. The third-order valence-electron chi connectivity index (χ3n) is 3.39. The number of ether oxygens (including phenoxy) is 2. The Labute approximate surface area is 110 Å². The summed E-state index contributed by atoms with van der Waals surface area (Å²) < 4.78 is 11.8. The molecule has 0 saturated carbocycles. The summed E-state index contributed by atoms with van der Waals surface area (Å²) in [5, 5.41) is 0. The smallest absolute Gasteiger partial charge is 0.122 e. The lowest BCUT2D eigenvalue weighted by Gasteiger charge is -2.12. The van der Waals surface area contributed by atoms with Crippen LogP contribution in [0.25, 0.3) is 0 Å². The highest BCUT2D eigenvalue weighted by atomic mass is 16.5. The SMILES string of the molecule is C=CC1OC(CC)c2cc(C)c(OCCC)cc21. The van der Waals surface area contributed by atoms with Gasteiger partial charge in [-0.15, -0.1) is 6.58 Å². The third-order valence-corrected chi connectivity index (χ3v) is 3.39. The average Bonchev–Trinajstić information content (AvgIpc) is 2.73. The van der Waals surface area contributed by atoms with Gasteiger partial charge < -0.3 is 9.47 Å². The fourth-order valence-corrected chi connectivity index (χ4v) is 2.44. The van der Waals surface area contributed by atoms with E-state index in [1.165, 1.54) is 16.7 Å². The van der Waals surface area contributed by atoms with Crippen LogP contribution < -0.4 is 4.74 Å². The summed E-state index contributed by atoms with van der Waals surface area (Å²) in [6.07, 6.45) is 4.09. The van der Waals surface area contributed by atoms with Gasteiger partial charge in [-0.25, -0.2) is 0 Å². The molecule has 0 spiro atoms. The van der Waals surface area contributed by atoms with Crippen molar-refractivity contribution < 1.29 is 9.47 Å². The van der Waals surface area contributed by atoms with E-state index < -0.39 is 0 Å². The van der Waals surface area contributed by atoms with Gasteiger partial charge in [-0.05, 0) is 48.6 Å². The van der Waals surface area contributed by atoms with Crippen molar-refractivity contribution in [3.05, 3.63) is 41.5 Å². The molecule has 0 bridgehead atoms. The van der Waals surface area contributed by atoms with E-state index in [0.29, 0.717) is 0 Å². The van der Waals surface area contributed by atoms with E-state index in [2.05, 4.69) is 39.5 Å². The minimum Gasteiger partial charge on any atom is -0.493 e. The molecule has 0 aliphatic carbocycles. The Hall–Kier alpha value is -1.28. The largest absolute Gasteiger partial charge is 0.493 e. The highest BCUT2D eigenvalue weighted by Gasteiger charge is 2.29. The lowest BCUT2D eigenvalue weighted by Crippen LogP contribution is -1.99. The predicted molar refractivity (Wildman–Crippen MR) is 74.0 cm³/mol. The molecule has 1 heterocycles. The normalized spacial score (nSPS) is 21.7. The van der Waals surface area contributed by atoms with E-state index in [4.69, 9.17) is 9.47 Å². The molecule has 0 fully saturated rings. The van der Waals surface area contributed by atoms with Crippen LogP contribution in [0.5, 0.6) is 5.75 Å². The maximum atomic E-state index is 5.97. The van der Waals surface area contributed by atoms with Crippen LogP contribution in [0.1, 0.15) is 55.6 Å². The zero-order valence-electron chi connectivity index (χ0n) is 11.5. The van der Waals surface area contributed by atoms with Crippen LogP contribution in [0.2, 0.25) is 0 Å². The van der Waals surface area contributed by atoms with Gasteiger partial charge in [0, 0.05) is 0 Å². The summed E-state index contributed by atoms with van der Waals surface area (Å²) in [5.41, 5.74) is 3.70. The van der Waals surface area contributed by atoms with Gasteiger partial charge in [0.25, 0.3) is 0 Å². The Morgan fingerprint density at radius 1 is 1.33 bits per heavy atom. The second-order valence-corrected chi connectivity index (χ2v) is 4.78. The second-order valence-electron chi connectivity index (χ2n) is 4.78. The molecule has 1 aromatic carbocycles. The molecule has 0 N–H and O–H groups in total. The molecule has 0 radical (unpaired) electrons. The minimum atomic E-state index is 0.00882. The molecule has 1 aliphatic heterocycles. The number of hydrogen-bond acceptors (Lipinski definition) is 2. The fraction of sp³-hybridized carbons (Fsp3) is 0.500. The van der Waals surface area contributed by atoms with Crippen LogP contribution >= 0.6 is 0 Å². The first kappa shape index (κ1) is 13.2. The molecule has 2 rings (SSSR count). The lowest BCUT2D eigenvalue weighted by molar-refractivity contribution is 0.0357. The van der Waals surface area contributed by atoms with E-state index in [-0.39, 0.29) is 12.2 Å². The number of fused-ring (bicyclic) bond motifs is 1. The van der Waals surface area contributed by atoms with Crippen molar-refractivity contribution in [3.8, 4) is 5.75 Å². The van der Waals surface area contributed by atoms with E-state index in [1.54, 1.807) is 0 Å². The topological polar surface area (TPSA) is 18.5 Å². The van der Waals surface area contributed by atoms with Gasteiger partial charge in [0.2, 0.25) is 0 Å². The Bertz CT molecular complexity index is 437. The molecular weight excluding hydrogens is 224 g/mol. The zero-order chi connectivity index (χ0) is 13.1. The van der Waals surface area contributed by atoms with Gasteiger partial charge >= 0.3 is 0 Å². The number of rotatable bonds is 5. The zero-order valence-corrected chi connectivity index (χ0v) is 11.5. The summed E-state index contributed by atoms with van der Waals surface area (Å²) in [7, 11) is 0. The Kier molecular flexibility index (Phi) is 4.07. The first-order chi connectivity index (χ1) is 8.71. The van der Waals surface area contributed by atoms with Crippen molar-refractivity contribution in [1.82, 2.24) is 0 Å². The van der Waals surface area contributed by atoms with Crippen LogP contribution in [0.3, 0.4) is 0 Å². The molecule has 2 atom stereocenters. The molecule has 1 aliphatic rings. The monoisotopic (exact) mass is 246 g/mol. The third kappa shape index (κ3) is 2.30. The average molecular weight is 246 g/mol. The molecule has 2 unspecified atom stereocenters. The van der Waals surface area contributed by atoms with Crippen molar-refractivity contribution in [2.75, 3.05) is 6.61 Å². The summed E-state index contributed by atoms with van der Waals surface area (Å²) in [5.74, 6) is 0.975. The summed E-state index contributed by atoms with van der Waals surface area (Å²) in [4.78, 5) is 0. The van der Waals surface area contributed by atoms with Crippen LogP contribution in [0.4, 0.5) is 0 Å². The van der Waals surface area contributed by atoms with Gasteiger partial charge in [-0.1, -0.05) is 19.9 Å². The van der Waals surface area contributed by atoms with Crippen LogP contribution in [-0.2, 0) is 4.74 Å².